The number of amides is 4. The number of nitrogens with zero attached hydrogens (tertiary/aromatic N) is 4. The van der Waals surface area contributed by atoms with Gasteiger partial charge in [-0.3, -0.25) is 34.2 Å². The number of carbonyl (C=O) groups is 4. The van der Waals surface area contributed by atoms with Crippen LogP contribution in [-0.4, -0.2) is 76.0 Å². The van der Waals surface area contributed by atoms with Crippen molar-refractivity contribution in [1.29, 1.82) is 0 Å². The molecule has 0 N–H and O–H groups in total. The topological polar surface area (TPSA) is 121 Å². The van der Waals surface area contributed by atoms with Gasteiger partial charge in [-0.15, -0.1) is 0 Å². The Morgan fingerprint density at radius 1 is 0.939 bits per heavy atom. The molecule has 2 aromatic carbocycles. The Morgan fingerprint density at radius 3 is 2.36 bits per heavy atom. The molecule has 4 rings (SSSR count). The molecule has 2 aliphatic heterocycles. The predicted molar refractivity (Wildman–Crippen MR) is 117 cm³/mol. The molecule has 0 atom stereocenters. The van der Waals surface area contributed by atoms with E-state index in [-0.39, 0.29) is 29.3 Å². The third-order valence-electron chi connectivity index (χ3n) is 5.86. The Bertz CT molecular complexity index is 1180. The molecule has 10 heteroatoms. The number of fused-ring (bicyclic) bond motifs is 1. The number of carbonyl (C=O) groups excluding carboxylic acids is 4. The fourth-order valence-corrected chi connectivity index (χ4v) is 4.10. The highest BCUT2D eigenvalue weighted by Gasteiger charge is 2.38. The van der Waals surface area contributed by atoms with Crippen molar-refractivity contribution >= 4 is 29.3 Å². The molecule has 0 saturated carbocycles. The van der Waals surface area contributed by atoms with Crippen LogP contribution in [0.4, 0.5) is 5.69 Å². The second kappa shape index (κ2) is 8.81. The number of hydrogen-bond donors (Lipinski definition) is 0. The zero-order valence-electron chi connectivity index (χ0n) is 18.0. The summed E-state index contributed by atoms with van der Waals surface area (Å²) in [7, 11) is 0. The third kappa shape index (κ3) is 4.32. The zero-order chi connectivity index (χ0) is 23.7. The lowest BCUT2D eigenvalue weighted by atomic mass is 10.1. The van der Waals surface area contributed by atoms with E-state index in [4.69, 9.17) is 0 Å². The number of hydrogen-bond acceptors (Lipinski definition) is 6. The highest BCUT2D eigenvalue weighted by atomic mass is 16.6. The lowest BCUT2D eigenvalue weighted by Crippen LogP contribution is -2.44. The van der Waals surface area contributed by atoms with Gasteiger partial charge < -0.3 is 9.80 Å². The van der Waals surface area contributed by atoms with Crippen molar-refractivity contribution in [3.63, 3.8) is 0 Å². The summed E-state index contributed by atoms with van der Waals surface area (Å²) in [5, 5.41) is 11.0. The van der Waals surface area contributed by atoms with Gasteiger partial charge in [-0.1, -0.05) is 17.7 Å². The van der Waals surface area contributed by atoms with Gasteiger partial charge in [0.2, 0.25) is 5.91 Å². The van der Waals surface area contributed by atoms with E-state index in [0.29, 0.717) is 31.6 Å². The van der Waals surface area contributed by atoms with Crippen LogP contribution >= 0.6 is 0 Å². The summed E-state index contributed by atoms with van der Waals surface area (Å²) in [6.45, 7) is 2.97. The van der Waals surface area contributed by atoms with E-state index < -0.39 is 29.2 Å². The van der Waals surface area contributed by atoms with Gasteiger partial charge in [0.1, 0.15) is 6.54 Å². The van der Waals surface area contributed by atoms with Gasteiger partial charge in [-0.2, -0.15) is 0 Å². The third-order valence-corrected chi connectivity index (χ3v) is 5.86. The van der Waals surface area contributed by atoms with E-state index in [1.54, 1.807) is 11.0 Å². The summed E-state index contributed by atoms with van der Waals surface area (Å²) in [4.78, 5) is 65.4. The first-order valence-electron chi connectivity index (χ1n) is 10.5. The molecule has 1 saturated heterocycles. The van der Waals surface area contributed by atoms with Crippen LogP contribution in [-0.2, 0) is 4.79 Å². The minimum atomic E-state index is -0.724. The number of nitro groups is 1. The van der Waals surface area contributed by atoms with Crippen molar-refractivity contribution in [1.82, 2.24) is 14.7 Å². The fourth-order valence-electron chi connectivity index (χ4n) is 4.10. The summed E-state index contributed by atoms with van der Waals surface area (Å²) in [5.74, 6) is -1.89. The maximum absolute atomic E-state index is 12.9. The van der Waals surface area contributed by atoms with Crippen molar-refractivity contribution < 1.29 is 24.1 Å². The summed E-state index contributed by atoms with van der Waals surface area (Å²) in [6, 6.07) is 10.8. The Balaban J connectivity index is 1.41. The quantitative estimate of drug-likeness (QED) is 0.398. The molecule has 10 nitrogen and oxygen atoms in total. The molecule has 33 heavy (non-hydrogen) atoms. The average Bonchev–Trinajstić information content (AvgIpc) is 2.96. The largest absolute Gasteiger partial charge is 0.339 e. The number of aryl methyl sites for hydroxylation is 1. The van der Waals surface area contributed by atoms with Gasteiger partial charge in [0.05, 0.1) is 16.1 Å². The van der Waals surface area contributed by atoms with Gasteiger partial charge in [0, 0.05) is 43.9 Å². The van der Waals surface area contributed by atoms with Crippen molar-refractivity contribution in [2.24, 2.45) is 0 Å². The van der Waals surface area contributed by atoms with E-state index >= 15 is 0 Å². The van der Waals surface area contributed by atoms with Gasteiger partial charge in [-0.05, 0) is 31.5 Å². The zero-order valence-corrected chi connectivity index (χ0v) is 18.0. The summed E-state index contributed by atoms with van der Waals surface area (Å²) in [5.41, 5.74) is 1.25. The number of non-ortho nitro benzene ring substituents is 1. The smallest absolute Gasteiger partial charge is 0.270 e. The van der Waals surface area contributed by atoms with Gasteiger partial charge in [0.25, 0.3) is 23.4 Å². The molecule has 0 bridgehead atoms. The minimum absolute atomic E-state index is 0.0455. The van der Waals surface area contributed by atoms with Crippen LogP contribution in [0.15, 0.2) is 42.5 Å². The molecule has 170 valence electrons. The van der Waals surface area contributed by atoms with Crippen molar-refractivity contribution in [3.05, 3.63) is 74.8 Å². The molecule has 1 fully saturated rings. The van der Waals surface area contributed by atoms with E-state index in [2.05, 4.69) is 0 Å². The van der Waals surface area contributed by atoms with Crippen LogP contribution in [0.5, 0.6) is 0 Å². The maximum Gasteiger partial charge on any atom is 0.270 e. The van der Waals surface area contributed by atoms with Gasteiger partial charge in [-0.25, -0.2) is 0 Å². The molecule has 0 radical (unpaired) electrons. The molecule has 0 aromatic heterocycles. The van der Waals surface area contributed by atoms with Crippen LogP contribution in [0.25, 0.3) is 0 Å². The molecule has 2 aromatic rings. The fraction of sp³-hybridized carbons (Fsp3) is 0.304. The first kappa shape index (κ1) is 22.1. The van der Waals surface area contributed by atoms with Crippen molar-refractivity contribution in [2.75, 3.05) is 32.7 Å². The monoisotopic (exact) mass is 450 g/mol. The summed E-state index contributed by atoms with van der Waals surface area (Å²) >= 11 is 0. The number of imide groups is 1. The Morgan fingerprint density at radius 2 is 1.64 bits per heavy atom. The molecule has 2 aliphatic rings. The molecule has 0 unspecified atom stereocenters. The number of nitro benzene ring substituents is 1. The highest BCUT2D eigenvalue weighted by Crippen LogP contribution is 2.27. The Labute approximate surface area is 189 Å². The van der Waals surface area contributed by atoms with Crippen LogP contribution in [0.2, 0.25) is 0 Å². The Hall–Kier alpha value is -4.08. The van der Waals surface area contributed by atoms with E-state index in [1.165, 1.54) is 11.0 Å². The first-order valence-corrected chi connectivity index (χ1v) is 10.5. The predicted octanol–water partition coefficient (Wildman–Crippen LogP) is 1.87. The second-order valence-corrected chi connectivity index (χ2v) is 8.08. The van der Waals surface area contributed by atoms with Gasteiger partial charge in [0.15, 0.2) is 0 Å². The SMILES string of the molecule is Cc1cccc(C(=O)N2CCCN(C(=O)CN3C(=O)c4ccc([N+](=O)[O-])cc4C3=O)CC2)c1. The van der Waals surface area contributed by atoms with Crippen molar-refractivity contribution in [2.45, 2.75) is 13.3 Å². The van der Waals surface area contributed by atoms with Gasteiger partial charge >= 0.3 is 0 Å². The Kier molecular flexibility index (Phi) is 5.91. The number of rotatable bonds is 4. The molecular weight excluding hydrogens is 428 g/mol. The van der Waals surface area contributed by atoms with Crippen LogP contribution in [0.3, 0.4) is 0 Å². The van der Waals surface area contributed by atoms with E-state index in [1.807, 2.05) is 25.1 Å². The van der Waals surface area contributed by atoms with Crippen LogP contribution < -0.4 is 0 Å². The number of benzene rings is 2. The second-order valence-electron chi connectivity index (χ2n) is 8.08. The molecular formula is C23H22N4O6. The van der Waals surface area contributed by atoms with E-state index in [0.717, 1.165) is 22.6 Å². The van der Waals surface area contributed by atoms with Crippen LogP contribution in [0, 0.1) is 17.0 Å². The summed E-state index contributed by atoms with van der Waals surface area (Å²) < 4.78 is 0. The normalized spacial score (nSPS) is 16.0. The van der Waals surface area contributed by atoms with Crippen LogP contribution in [0.1, 0.15) is 43.1 Å². The average molecular weight is 450 g/mol. The maximum atomic E-state index is 12.9. The molecule has 0 spiro atoms. The van der Waals surface area contributed by atoms with E-state index in [9.17, 15) is 29.3 Å². The lowest BCUT2D eigenvalue weighted by molar-refractivity contribution is -0.384. The molecule has 4 amide bonds. The summed E-state index contributed by atoms with van der Waals surface area (Å²) in [6.07, 6.45) is 0.567. The highest BCUT2D eigenvalue weighted by molar-refractivity contribution is 6.22. The van der Waals surface area contributed by atoms with Crippen molar-refractivity contribution in [3.8, 4) is 0 Å². The standard InChI is InChI=1S/C23H22N4O6/c1-15-4-2-5-16(12-15)21(29)25-9-3-8-24(10-11-25)20(28)14-26-22(30)18-7-6-17(27(32)33)13-19(18)23(26)31/h2,4-7,12-13H,3,8-11,14H2,1H3. The minimum Gasteiger partial charge on any atom is -0.339 e. The molecule has 2 heterocycles. The lowest BCUT2D eigenvalue weighted by Gasteiger charge is -2.24. The first-order chi connectivity index (χ1) is 15.8. The molecule has 0 aliphatic carbocycles.